The lowest BCUT2D eigenvalue weighted by molar-refractivity contribution is -0.129. The van der Waals surface area contributed by atoms with Crippen molar-refractivity contribution in [1.29, 1.82) is 0 Å². The van der Waals surface area contributed by atoms with E-state index in [4.69, 9.17) is 5.73 Å². The molecule has 2 rings (SSSR count). The van der Waals surface area contributed by atoms with Gasteiger partial charge in [-0.2, -0.15) is 0 Å². The van der Waals surface area contributed by atoms with Crippen LogP contribution in [0.15, 0.2) is 0 Å². The van der Waals surface area contributed by atoms with Crippen LogP contribution in [-0.2, 0) is 4.79 Å². The molecule has 0 spiro atoms. The Kier molecular flexibility index (Phi) is 6.07. The van der Waals surface area contributed by atoms with Gasteiger partial charge in [-0.25, -0.2) is 0 Å². The minimum absolute atomic E-state index is 0.0396. The zero-order chi connectivity index (χ0) is 12.7. The maximum absolute atomic E-state index is 11.5. The van der Waals surface area contributed by atoms with Crippen LogP contribution in [0.1, 0.15) is 46.0 Å². The Bertz CT molecular complexity index is 291. The molecule has 1 aliphatic heterocycles. The van der Waals surface area contributed by atoms with Crippen molar-refractivity contribution in [1.82, 2.24) is 4.90 Å². The average Bonchev–Trinajstić information content (AvgIpc) is 2.36. The van der Waals surface area contributed by atoms with Crippen LogP contribution in [0.25, 0.3) is 0 Å². The second kappa shape index (κ2) is 7.34. The minimum Gasteiger partial charge on any atom is -0.329 e. The molecule has 0 aromatic heterocycles. The van der Waals surface area contributed by atoms with E-state index in [1.807, 2.05) is 13.8 Å². The number of nitrogens with zero attached hydrogens (tertiary/aromatic N) is 1. The quantitative estimate of drug-likeness (QED) is 0.652. The van der Waals surface area contributed by atoms with Crippen molar-refractivity contribution in [3.05, 3.63) is 0 Å². The minimum atomic E-state index is -0.0396. The Morgan fingerprint density at radius 1 is 1.18 bits per heavy atom. The monoisotopic (exact) mass is 236 g/mol. The van der Waals surface area contributed by atoms with Crippen LogP contribution in [0.5, 0.6) is 0 Å². The highest BCUT2D eigenvalue weighted by atomic mass is 16.2. The van der Waals surface area contributed by atoms with Crippen molar-refractivity contribution in [2.24, 2.45) is 11.7 Å². The van der Waals surface area contributed by atoms with Crippen LogP contribution >= 0.6 is 0 Å². The summed E-state index contributed by atoms with van der Waals surface area (Å²) in [6, 6.07) is 0.172. The van der Waals surface area contributed by atoms with Gasteiger partial charge in [-0.15, -0.1) is 0 Å². The lowest BCUT2D eigenvalue weighted by Gasteiger charge is -2.35. The number of hydrogen-bond acceptors (Lipinski definition) is 2. The summed E-state index contributed by atoms with van der Waals surface area (Å²) in [6.07, 6.45) is 6.19. The van der Waals surface area contributed by atoms with Crippen molar-refractivity contribution in [3.63, 3.8) is 0 Å². The van der Waals surface area contributed by atoms with E-state index in [0.717, 1.165) is 0 Å². The summed E-state index contributed by atoms with van der Waals surface area (Å²) in [5, 5.41) is 0. The summed E-state index contributed by atoms with van der Waals surface area (Å²) >= 11 is 0. The average molecular weight is 236 g/mol. The van der Waals surface area contributed by atoms with Crippen LogP contribution < -0.4 is 5.73 Å². The first-order valence-electron chi connectivity index (χ1n) is 6.82. The first kappa shape index (κ1) is 14.1. The highest BCUT2D eigenvalue weighted by Gasteiger charge is 2.26. The van der Waals surface area contributed by atoms with Gasteiger partial charge in [-0.1, -0.05) is 39.0 Å². The summed E-state index contributed by atoms with van der Waals surface area (Å²) in [5.74, 6) is 6.28. The zero-order valence-corrected chi connectivity index (χ0v) is 11.0. The van der Waals surface area contributed by atoms with E-state index in [2.05, 4.69) is 11.8 Å². The first-order chi connectivity index (χ1) is 8.25. The molecule has 3 nitrogen and oxygen atoms in total. The first-order valence-corrected chi connectivity index (χ1v) is 6.82. The van der Waals surface area contributed by atoms with Gasteiger partial charge in [0.2, 0.25) is 0 Å². The zero-order valence-electron chi connectivity index (χ0n) is 11.0. The number of rotatable bonds is 0. The third-order valence-corrected chi connectivity index (χ3v) is 3.19. The fourth-order valence-corrected chi connectivity index (χ4v) is 2.17. The molecule has 96 valence electrons. The van der Waals surface area contributed by atoms with Gasteiger partial charge in [-0.3, -0.25) is 4.79 Å². The molecule has 1 aliphatic carbocycles. The third-order valence-electron chi connectivity index (χ3n) is 3.19. The van der Waals surface area contributed by atoms with Gasteiger partial charge < -0.3 is 10.6 Å². The Hall–Kier alpha value is -1.01. The van der Waals surface area contributed by atoms with Gasteiger partial charge in [0.25, 0.3) is 5.91 Å². The van der Waals surface area contributed by atoms with Crippen molar-refractivity contribution in [3.8, 4) is 11.8 Å². The molecular weight excluding hydrogens is 212 g/mol. The number of carbonyl (C=O) groups excluding carboxylic acids is 1. The highest BCUT2D eigenvalue weighted by molar-refractivity contribution is 5.94. The number of nitrogens with two attached hydrogens (primary N) is 1. The second-order valence-corrected chi connectivity index (χ2v) is 4.57. The Morgan fingerprint density at radius 3 is 2.29 bits per heavy atom. The van der Waals surface area contributed by atoms with Crippen molar-refractivity contribution >= 4 is 5.91 Å². The number of hydrogen-bond donors (Lipinski definition) is 1. The number of amides is 1. The van der Waals surface area contributed by atoms with E-state index >= 15 is 0 Å². The number of likely N-dealkylation sites (tertiary alicyclic amines) is 1. The summed E-state index contributed by atoms with van der Waals surface area (Å²) in [6.45, 7) is 5.36. The van der Waals surface area contributed by atoms with Gasteiger partial charge in [0.15, 0.2) is 0 Å². The molecule has 1 saturated carbocycles. The van der Waals surface area contributed by atoms with Gasteiger partial charge in [-0.05, 0) is 18.8 Å². The van der Waals surface area contributed by atoms with E-state index in [-0.39, 0.29) is 11.9 Å². The van der Waals surface area contributed by atoms with E-state index in [0.29, 0.717) is 19.0 Å². The van der Waals surface area contributed by atoms with E-state index in [1.165, 1.54) is 32.1 Å². The lowest BCUT2D eigenvalue weighted by Crippen LogP contribution is -2.57. The van der Waals surface area contributed by atoms with Crippen molar-refractivity contribution in [2.75, 3.05) is 13.1 Å². The molecule has 0 bridgehead atoms. The van der Waals surface area contributed by atoms with Crippen LogP contribution in [0.2, 0.25) is 0 Å². The molecule has 0 atom stereocenters. The van der Waals surface area contributed by atoms with Crippen molar-refractivity contribution < 1.29 is 4.79 Å². The third kappa shape index (κ3) is 4.40. The number of carbonyl (C=O) groups is 1. The summed E-state index contributed by atoms with van der Waals surface area (Å²) in [5.41, 5.74) is 5.60. The predicted molar refractivity (Wildman–Crippen MR) is 70.3 cm³/mol. The molecular formula is C14H24N2O. The SMILES string of the molecule is CC.NC1CN(C(=O)C#CC2CCCCC2)C1. The Morgan fingerprint density at radius 2 is 1.76 bits per heavy atom. The molecule has 0 radical (unpaired) electrons. The normalized spacial score (nSPS) is 20.5. The molecule has 2 N–H and O–H groups in total. The lowest BCUT2D eigenvalue weighted by atomic mass is 9.90. The molecule has 2 fully saturated rings. The van der Waals surface area contributed by atoms with Crippen LogP contribution in [0.3, 0.4) is 0 Å². The molecule has 0 unspecified atom stereocenters. The molecule has 1 heterocycles. The van der Waals surface area contributed by atoms with Crippen molar-refractivity contribution in [2.45, 2.75) is 52.0 Å². The Balaban J connectivity index is 0.000000686. The molecule has 0 aromatic carbocycles. The van der Waals surface area contributed by atoms with Gasteiger partial charge in [0.05, 0.1) is 0 Å². The fraction of sp³-hybridized carbons (Fsp3) is 0.786. The maximum Gasteiger partial charge on any atom is 0.298 e. The molecule has 0 aromatic rings. The summed E-state index contributed by atoms with van der Waals surface area (Å²) in [4.78, 5) is 13.2. The standard InChI is InChI=1S/C12H18N2O.C2H6/c13-11-8-14(9-11)12(15)7-6-10-4-2-1-3-5-10;1-2/h10-11H,1-5,8-9,13H2;1-2H3. The molecule has 1 amide bonds. The molecule has 3 heteroatoms. The van der Waals surface area contributed by atoms with Crippen LogP contribution in [0, 0.1) is 17.8 Å². The maximum atomic E-state index is 11.5. The fourth-order valence-electron chi connectivity index (χ4n) is 2.17. The highest BCUT2D eigenvalue weighted by Crippen LogP contribution is 2.22. The second-order valence-electron chi connectivity index (χ2n) is 4.57. The van der Waals surface area contributed by atoms with E-state index < -0.39 is 0 Å². The van der Waals surface area contributed by atoms with E-state index in [9.17, 15) is 4.79 Å². The summed E-state index contributed by atoms with van der Waals surface area (Å²) < 4.78 is 0. The van der Waals surface area contributed by atoms with Gasteiger partial charge >= 0.3 is 0 Å². The molecule has 1 saturated heterocycles. The summed E-state index contributed by atoms with van der Waals surface area (Å²) in [7, 11) is 0. The van der Waals surface area contributed by atoms with E-state index in [1.54, 1.807) is 4.90 Å². The topological polar surface area (TPSA) is 46.3 Å². The molecule has 2 aliphatic rings. The molecule has 17 heavy (non-hydrogen) atoms. The predicted octanol–water partition coefficient (Wildman–Crippen LogP) is 1.77. The van der Waals surface area contributed by atoms with Crippen LogP contribution in [0.4, 0.5) is 0 Å². The van der Waals surface area contributed by atoms with Gasteiger partial charge in [0.1, 0.15) is 0 Å². The van der Waals surface area contributed by atoms with Crippen LogP contribution in [-0.4, -0.2) is 29.9 Å². The van der Waals surface area contributed by atoms with Gasteiger partial charge in [0, 0.05) is 25.0 Å². The Labute approximate surface area is 105 Å². The largest absolute Gasteiger partial charge is 0.329 e. The smallest absolute Gasteiger partial charge is 0.298 e.